The Morgan fingerprint density at radius 3 is 2.14 bits per heavy atom. The standard InChI is InChI=1S/C5H11O8P/c6-1-3(7)5(9)4(8)2-13-14(10,11)12/h3-4,6-8H,1-2H2,(H2,10,11,12)/t3-,4+/m0/s1. The molecule has 0 saturated heterocycles. The number of aliphatic hydroxyl groups excluding tert-OH is 3. The molecule has 0 aromatic heterocycles. The zero-order valence-electron chi connectivity index (χ0n) is 6.98. The van der Waals surface area contributed by atoms with Gasteiger partial charge in [0.25, 0.3) is 0 Å². The number of phosphoric ester groups is 1. The van der Waals surface area contributed by atoms with Gasteiger partial charge in [-0.1, -0.05) is 0 Å². The third-order valence-corrected chi connectivity index (χ3v) is 1.72. The molecule has 2 atom stereocenters. The fourth-order valence-electron chi connectivity index (χ4n) is 0.562. The van der Waals surface area contributed by atoms with Crippen molar-refractivity contribution in [2.75, 3.05) is 13.2 Å². The van der Waals surface area contributed by atoms with E-state index in [4.69, 9.17) is 25.1 Å². The molecule has 0 aromatic carbocycles. The first kappa shape index (κ1) is 13.7. The van der Waals surface area contributed by atoms with Crippen molar-refractivity contribution in [3.63, 3.8) is 0 Å². The highest BCUT2D eigenvalue weighted by atomic mass is 31.2. The van der Waals surface area contributed by atoms with Crippen LogP contribution in [0.1, 0.15) is 0 Å². The smallest absolute Gasteiger partial charge is 0.393 e. The lowest BCUT2D eigenvalue weighted by Crippen LogP contribution is -2.37. The van der Waals surface area contributed by atoms with Gasteiger partial charge in [0.2, 0.25) is 0 Å². The van der Waals surface area contributed by atoms with Crippen LogP contribution < -0.4 is 0 Å². The lowest BCUT2D eigenvalue weighted by Gasteiger charge is -2.13. The van der Waals surface area contributed by atoms with E-state index in [1.54, 1.807) is 0 Å². The molecule has 8 nitrogen and oxygen atoms in total. The summed E-state index contributed by atoms with van der Waals surface area (Å²) < 4.78 is 13.9. The summed E-state index contributed by atoms with van der Waals surface area (Å²) in [4.78, 5) is 27.2. The number of carbonyl (C=O) groups is 1. The van der Waals surface area contributed by atoms with Crippen LogP contribution in [0.2, 0.25) is 0 Å². The van der Waals surface area contributed by atoms with Crippen molar-refractivity contribution in [1.82, 2.24) is 0 Å². The molecule has 9 heteroatoms. The van der Waals surface area contributed by atoms with Crippen LogP contribution in [0, 0.1) is 0 Å². The highest BCUT2D eigenvalue weighted by Crippen LogP contribution is 2.35. The zero-order chi connectivity index (χ0) is 11.4. The maximum atomic E-state index is 10.8. The van der Waals surface area contributed by atoms with Gasteiger partial charge in [0.1, 0.15) is 12.2 Å². The predicted octanol–water partition coefficient (Wildman–Crippen LogP) is -2.62. The summed E-state index contributed by atoms with van der Waals surface area (Å²) in [5.74, 6) is -1.17. The Morgan fingerprint density at radius 1 is 1.29 bits per heavy atom. The monoisotopic (exact) mass is 230 g/mol. The van der Waals surface area contributed by atoms with Crippen LogP contribution >= 0.6 is 7.82 Å². The number of phosphoric acid groups is 1. The SMILES string of the molecule is O=C([C@H](O)COP(=O)(O)O)[C@@H](O)CO. The molecule has 0 aliphatic heterocycles. The molecule has 0 aliphatic carbocycles. The van der Waals surface area contributed by atoms with E-state index >= 15 is 0 Å². The third-order valence-electron chi connectivity index (χ3n) is 1.23. The van der Waals surface area contributed by atoms with Crippen LogP contribution in [0.5, 0.6) is 0 Å². The first-order valence-electron chi connectivity index (χ1n) is 3.48. The van der Waals surface area contributed by atoms with Gasteiger partial charge in [-0.2, -0.15) is 0 Å². The molecule has 0 bridgehead atoms. The summed E-state index contributed by atoms with van der Waals surface area (Å²) in [6, 6.07) is 0. The van der Waals surface area contributed by atoms with E-state index in [2.05, 4.69) is 4.52 Å². The molecule has 0 saturated carbocycles. The molecule has 0 radical (unpaired) electrons. The molecule has 0 heterocycles. The van der Waals surface area contributed by atoms with Crippen molar-refractivity contribution < 1.29 is 39.0 Å². The van der Waals surface area contributed by atoms with Crippen molar-refractivity contribution in [2.24, 2.45) is 0 Å². The van der Waals surface area contributed by atoms with Gasteiger partial charge in [0.15, 0.2) is 5.78 Å². The lowest BCUT2D eigenvalue weighted by molar-refractivity contribution is -0.139. The number of aliphatic hydroxyl groups is 3. The van der Waals surface area contributed by atoms with E-state index in [0.717, 1.165) is 0 Å². The van der Waals surface area contributed by atoms with Crippen LogP contribution in [-0.4, -0.2) is 56.3 Å². The van der Waals surface area contributed by atoms with E-state index in [-0.39, 0.29) is 0 Å². The predicted molar refractivity (Wildman–Crippen MR) is 42.1 cm³/mol. The van der Waals surface area contributed by atoms with Gasteiger partial charge in [-0.25, -0.2) is 4.57 Å². The Labute approximate surface area is 79.0 Å². The molecule has 0 aliphatic rings. The van der Waals surface area contributed by atoms with Gasteiger partial charge in [-0.15, -0.1) is 0 Å². The number of carbonyl (C=O) groups excluding carboxylic acids is 1. The quantitative estimate of drug-likeness (QED) is 0.312. The fraction of sp³-hybridized carbons (Fsp3) is 0.800. The Hall–Kier alpha value is -0.340. The van der Waals surface area contributed by atoms with Crippen LogP contribution in [-0.2, 0) is 13.9 Å². The van der Waals surface area contributed by atoms with Gasteiger partial charge < -0.3 is 25.1 Å². The minimum absolute atomic E-state index is 0.883. The number of hydrogen-bond donors (Lipinski definition) is 5. The van der Waals surface area contributed by atoms with E-state index in [9.17, 15) is 9.36 Å². The Balaban J connectivity index is 4.03. The zero-order valence-corrected chi connectivity index (χ0v) is 7.87. The van der Waals surface area contributed by atoms with E-state index in [1.165, 1.54) is 0 Å². The maximum Gasteiger partial charge on any atom is 0.469 e. The van der Waals surface area contributed by atoms with Crippen molar-refractivity contribution in [3.8, 4) is 0 Å². The first-order chi connectivity index (χ1) is 6.28. The van der Waals surface area contributed by atoms with Gasteiger partial charge in [-0.3, -0.25) is 9.32 Å². The van der Waals surface area contributed by atoms with E-state index in [1.807, 2.05) is 0 Å². The molecule has 0 amide bonds. The van der Waals surface area contributed by atoms with Crippen LogP contribution in [0.4, 0.5) is 0 Å². The summed E-state index contributed by atoms with van der Waals surface area (Å²) in [5.41, 5.74) is 0. The normalized spacial score (nSPS) is 16.4. The lowest BCUT2D eigenvalue weighted by atomic mass is 10.1. The highest BCUT2D eigenvalue weighted by Gasteiger charge is 2.26. The first-order valence-corrected chi connectivity index (χ1v) is 5.01. The molecular weight excluding hydrogens is 219 g/mol. The number of hydrogen-bond acceptors (Lipinski definition) is 6. The summed E-state index contributed by atoms with van der Waals surface area (Å²) >= 11 is 0. The second-order valence-corrected chi connectivity index (χ2v) is 3.64. The minimum Gasteiger partial charge on any atom is -0.393 e. The van der Waals surface area contributed by atoms with Crippen LogP contribution in [0.15, 0.2) is 0 Å². The Morgan fingerprint density at radius 2 is 1.79 bits per heavy atom. The van der Waals surface area contributed by atoms with Gasteiger partial charge >= 0.3 is 7.82 Å². The molecule has 84 valence electrons. The molecule has 0 spiro atoms. The molecule has 0 rings (SSSR count). The molecule has 0 fully saturated rings. The fourth-order valence-corrected chi connectivity index (χ4v) is 0.897. The highest BCUT2D eigenvalue weighted by molar-refractivity contribution is 7.46. The third kappa shape index (κ3) is 5.40. The number of rotatable bonds is 6. The van der Waals surface area contributed by atoms with Gasteiger partial charge in [0.05, 0.1) is 13.2 Å². The van der Waals surface area contributed by atoms with Crippen molar-refractivity contribution in [1.29, 1.82) is 0 Å². The van der Waals surface area contributed by atoms with Gasteiger partial charge in [0, 0.05) is 0 Å². The number of ketones is 1. The van der Waals surface area contributed by atoms with Gasteiger partial charge in [-0.05, 0) is 0 Å². The van der Waals surface area contributed by atoms with Crippen LogP contribution in [0.3, 0.4) is 0 Å². The van der Waals surface area contributed by atoms with E-state index in [0.29, 0.717) is 0 Å². The second-order valence-electron chi connectivity index (χ2n) is 2.40. The Kier molecular flexibility index (Phi) is 5.38. The number of Topliss-reactive ketones (excluding diaryl/α,β-unsaturated/α-hetero) is 1. The van der Waals surface area contributed by atoms with Crippen molar-refractivity contribution in [2.45, 2.75) is 12.2 Å². The maximum absolute atomic E-state index is 10.8. The Bertz CT molecular complexity index is 234. The van der Waals surface area contributed by atoms with Crippen LogP contribution in [0.25, 0.3) is 0 Å². The summed E-state index contributed by atoms with van der Waals surface area (Å²) in [6.07, 6.45) is -3.67. The van der Waals surface area contributed by atoms with E-state index < -0.39 is 39.0 Å². The largest absolute Gasteiger partial charge is 0.469 e. The summed E-state index contributed by atoms with van der Waals surface area (Å²) in [6.45, 7) is -1.83. The van der Waals surface area contributed by atoms with Crippen molar-refractivity contribution in [3.05, 3.63) is 0 Å². The second kappa shape index (κ2) is 5.52. The molecule has 5 N–H and O–H groups in total. The molecule has 0 unspecified atom stereocenters. The summed E-state index contributed by atoms with van der Waals surface area (Å²) in [5, 5.41) is 25.9. The topological polar surface area (TPSA) is 145 Å². The average molecular weight is 230 g/mol. The summed E-state index contributed by atoms with van der Waals surface area (Å²) in [7, 11) is -4.75. The molecule has 0 aromatic rings. The van der Waals surface area contributed by atoms with Crippen molar-refractivity contribution >= 4 is 13.6 Å². The molecular formula is C5H11O8P. The average Bonchev–Trinajstić information content (AvgIpc) is 2.10. The molecule has 14 heavy (non-hydrogen) atoms. The minimum atomic E-state index is -4.75.